The highest BCUT2D eigenvalue weighted by molar-refractivity contribution is 6.07. The maximum absolute atomic E-state index is 12.6. The summed E-state index contributed by atoms with van der Waals surface area (Å²) in [5, 5.41) is 5.70. The molecule has 2 fully saturated rings. The molecule has 4 amide bonds. The Morgan fingerprint density at radius 1 is 1.18 bits per heavy atom. The molecule has 2 heterocycles. The van der Waals surface area contributed by atoms with Gasteiger partial charge in [0.15, 0.2) is 0 Å². The van der Waals surface area contributed by atoms with E-state index in [2.05, 4.69) is 15.6 Å². The minimum Gasteiger partial charge on any atom is -0.326 e. The highest BCUT2D eigenvalue weighted by Gasteiger charge is 2.51. The molecule has 1 saturated carbocycles. The Kier molecular flexibility index (Phi) is 4.85. The highest BCUT2D eigenvalue weighted by atomic mass is 16.2. The zero-order valence-corrected chi connectivity index (χ0v) is 15.6. The smallest absolute Gasteiger partial charge is 0.325 e. The van der Waals surface area contributed by atoms with Crippen molar-refractivity contribution >= 4 is 23.5 Å². The summed E-state index contributed by atoms with van der Waals surface area (Å²) in [6.45, 7) is 0.263. The fourth-order valence-corrected chi connectivity index (χ4v) is 3.95. The number of nitrogens with one attached hydrogen (secondary N) is 2. The van der Waals surface area contributed by atoms with Crippen molar-refractivity contribution in [3.05, 3.63) is 43.0 Å². The minimum atomic E-state index is -0.684. The van der Waals surface area contributed by atoms with Crippen molar-refractivity contribution in [3.8, 4) is 5.69 Å². The Balaban J connectivity index is 1.26. The van der Waals surface area contributed by atoms with Gasteiger partial charge in [0.25, 0.3) is 5.91 Å². The summed E-state index contributed by atoms with van der Waals surface area (Å²) in [7, 11) is 0. The lowest BCUT2D eigenvalue weighted by Crippen LogP contribution is -2.44. The van der Waals surface area contributed by atoms with Crippen LogP contribution in [0.3, 0.4) is 0 Å². The van der Waals surface area contributed by atoms with Crippen LogP contribution >= 0.6 is 0 Å². The number of hydrogen-bond donors (Lipinski definition) is 2. The van der Waals surface area contributed by atoms with Crippen LogP contribution in [0.5, 0.6) is 0 Å². The number of benzene rings is 1. The number of carbonyl (C=O) groups excluding carboxylic acids is 3. The molecule has 146 valence electrons. The van der Waals surface area contributed by atoms with E-state index in [-0.39, 0.29) is 30.8 Å². The van der Waals surface area contributed by atoms with Crippen LogP contribution < -0.4 is 10.6 Å². The van der Waals surface area contributed by atoms with E-state index >= 15 is 0 Å². The van der Waals surface area contributed by atoms with Crippen LogP contribution in [0.25, 0.3) is 5.69 Å². The fraction of sp³-hybridized carbons (Fsp3) is 0.400. The molecule has 1 aliphatic heterocycles. The quantitative estimate of drug-likeness (QED) is 0.751. The third-order valence-corrected chi connectivity index (χ3v) is 5.44. The van der Waals surface area contributed by atoms with E-state index in [1.54, 1.807) is 12.5 Å². The van der Waals surface area contributed by atoms with Crippen LogP contribution in [0, 0.1) is 0 Å². The maximum Gasteiger partial charge on any atom is 0.325 e. The van der Waals surface area contributed by atoms with Crippen molar-refractivity contribution in [2.45, 2.75) is 44.1 Å². The van der Waals surface area contributed by atoms with Gasteiger partial charge >= 0.3 is 6.03 Å². The number of imide groups is 1. The first kappa shape index (κ1) is 18.2. The van der Waals surface area contributed by atoms with Crippen LogP contribution in [0.4, 0.5) is 10.5 Å². The van der Waals surface area contributed by atoms with Gasteiger partial charge in [0.2, 0.25) is 5.91 Å². The number of amides is 4. The van der Waals surface area contributed by atoms with Crippen LogP contribution in [0.1, 0.15) is 38.5 Å². The molecule has 0 unspecified atom stereocenters. The van der Waals surface area contributed by atoms with Gasteiger partial charge in [-0.25, -0.2) is 9.78 Å². The lowest BCUT2D eigenvalue weighted by atomic mass is 9.98. The van der Waals surface area contributed by atoms with Gasteiger partial charge in [0.1, 0.15) is 5.54 Å². The Hall–Kier alpha value is -3.16. The molecule has 1 aromatic heterocycles. The van der Waals surface area contributed by atoms with Crippen molar-refractivity contribution in [2.75, 3.05) is 11.9 Å². The maximum atomic E-state index is 12.6. The molecule has 2 aliphatic rings. The average Bonchev–Trinajstić information content (AvgIpc) is 3.41. The van der Waals surface area contributed by atoms with Crippen molar-refractivity contribution < 1.29 is 14.4 Å². The topological polar surface area (TPSA) is 96.3 Å². The molecule has 28 heavy (non-hydrogen) atoms. The van der Waals surface area contributed by atoms with Gasteiger partial charge in [-0.3, -0.25) is 14.5 Å². The summed E-state index contributed by atoms with van der Waals surface area (Å²) in [6, 6.07) is 7.11. The first-order valence-electron chi connectivity index (χ1n) is 9.60. The normalized spacial score (nSPS) is 17.9. The van der Waals surface area contributed by atoms with Gasteiger partial charge in [-0.1, -0.05) is 12.8 Å². The summed E-state index contributed by atoms with van der Waals surface area (Å²) in [5.41, 5.74) is 0.972. The fourth-order valence-electron chi connectivity index (χ4n) is 3.95. The molecule has 1 spiro atoms. The highest BCUT2D eigenvalue weighted by Crippen LogP contribution is 2.35. The molecular formula is C20H23N5O3. The lowest BCUT2D eigenvalue weighted by Gasteiger charge is -2.19. The lowest BCUT2D eigenvalue weighted by molar-refractivity contribution is -0.131. The molecule has 0 bridgehead atoms. The molecule has 4 rings (SSSR count). The molecule has 0 radical (unpaired) electrons. The Bertz CT molecular complexity index is 870. The number of imidazole rings is 1. The van der Waals surface area contributed by atoms with Gasteiger partial charge in [-0.2, -0.15) is 0 Å². The zero-order valence-electron chi connectivity index (χ0n) is 15.6. The summed E-state index contributed by atoms with van der Waals surface area (Å²) in [4.78, 5) is 42.2. The average molecular weight is 381 g/mol. The van der Waals surface area contributed by atoms with E-state index in [1.807, 2.05) is 35.0 Å². The van der Waals surface area contributed by atoms with E-state index < -0.39 is 5.54 Å². The summed E-state index contributed by atoms with van der Waals surface area (Å²) < 4.78 is 1.88. The third kappa shape index (κ3) is 3.49. The second kappa shape index (κ2) is 7.46. The molecule has 1 aliphatic carbocycles. The Morgan fingerprint density at radius 3 is 2.61 bits per heavy atom. The number of anilines is 1. The SMILES string of the molecule is O=C(CCCN1C(=O)NC2(CCCC2)C1=O)Nc1ccc(-n2ccnc2)cc1. The van der Waals surface area contributed by atoms with E-state index in [4.69, 9.17) is 0 Å². The van der Waals surface area contributed by atoms with Crippen LogP contribution in [0.2, 0.25) is 0 Å². The molecule has 2 N–H and O–H groups in total. The predicted octanol–water partition coefficient (Wildman–Crippen LogP) is 2.46. The summed E-state index contributed by atoms with van der Waals surface area (Å²) in [6.07, 6.45) is 9.28. The number of hydrogen-bond acceptors (Lipinski definition) is 4. The van der Waals surface area contributed by atoms with Gasteiger partial charge in [0, 0.05) is 36.7 Å². The second-order valence-corrected chi connectivity index (χ2v) is 7.34. The molecule has 1 aromatic carbocycles. The Morgan fingerprint density at radius 2 is 1.93 bits per heavy atom. The van der Waals surface area contributed by atoms with Crippen molar-refractivity contribution in [1.82, 2.24) is 19.8 Å². The first-order valence-corrected chi connectivity index (χ1v) is 9.60. The van der Waals surface area contributed by atoms with Crippen molar-refractivity contribution in [2.24, 2.45) is 0 Å². The van der Waals surface area contributed by atoms with E-state index in [9.17, 15) is 14.4 Å². The summed E-state index contributed by atoms with van der Waals surface area (Å²) in [5.74, 6) is -0.275. The number of carbonyl (C=O) groups is 3. The largest absolute Gasteiger partial charge is 0.326 e. The van der Waals surface area contributed by atoms with Crippen LogP contribution in [0.15, 0.2) is 43.0 Å². The first-order chi connectivity index (χ1) is 13.6. The number of nitrogens with zero attached hydrogens (tertiary/aromatic N) is 3. The Labute approximate surface area is 162 Å². The van der Waals surface area contributed by atoms with Gasteiger partial charge in [-0.05, 0) is 43.5 Å². The number of urea groups is 1. The second-order valence-electron chi connectivity index (χ2n) is 7.34. The molecular weight excluding hydrogens is 358 g/mol. The molecule has 8 nitrogen and oxygen atoms in total. The van der Waals surface area contributed by atoms with E-state index in [1.165, 1.54) is 4.90 Å². The standard InChI is InChI=1S/C20H23N5O3/c26-17(22-15-5-7-16(8-6-15)24-13-11-21-14-24)4-3-12-25-18(27)20(23-19(25)28)9-1-2-10-20/h5-8,11,13-14H,1-4,9-10,12H2,(H,22,26)(H,23,28). The van der Waals surface area contributed by atoms with Crippen LogP contribution in [-0.2, 0) is 9.59 Å². The van der Waals surface area contributed by atoms with E-state index in [0.717, 1.165) is 18.5 Å². The van der Waals surface area contributed by atoms with Crippen molar-refractivity contribution in [1.29, 1.82) is 0 Å². The molecule has 2 aromatic rings. The summed E-state index contributed by atoms with van der Waals surface area (Å²) >= 11 is 0. The van der Waals surface area contributed by atoms with Crippen LogP contribution in [-0.4, -0.2) is 44.4 Å². The number of rotatable bonds is 6. The van der Waals surface area contributed by atoms with Gasteiger partial charge in [0.05, 0.1) is 6.33 Å². The van der Waals surface area contributed by atoms with Gasteiger partial charge < -0.3 is 15.2 Å². The van der Waals surface area contributed by atoms with E-state index in [0.29, 0.717) is 24.9 Å². The molecule has 1 saturated heterocycles. The van der Waals surface area contributed by atoms with Gasteiger partial charge in [-0.15, -0.1) is 0 Å². The third-order valence-electron chi connectivity index (χ3n) is 5.44. The zero-order chi connectivity index (χ0) is 19.6. The van der Waals surface area contributed by atoms with Crippen molar-refractivity contribution in [3.63, 3.8) is 0 Å². The monoisotopic (exact) mass is 381 g/mol. The number of aromatic nitrogens is 2. The minimum absolute atomic E-state index is 0.134. The predicted molar refractivity (Wildman–Crippen MR) is 103 cm³/mol. The molecule has 8 heteroatoms. The molecule has 0 atom stereocenters.